The Morgan fingerprint density at radius 3 is 1.92 bits per heavy atom. The van der Waals surface area contributed by atoms with Crippen molar-refractivity contribution in [2.75, 3.05) is 42.7 Å². The molecule has 1 aliphatic heterocycles. The highest BCUT2D eigenvalue weighted by Crippen LogP contribution is 2.33. The van der Waals surface area contributed by atoms with Gasteiger partial charge < -0.3 is 35.6 Å². The number of nitrogens with one attached hydrogen (secondary N) is 3. The molecule has 0 saturated heterocycles. The van der Waals surface area contributed by atoms with Crippen LogP contribution in [0.5, 0.6) is 5.75 Å². The van der Waals surface area contributed by atoms with Gasteiger partial charge in [0.05, 0.1) is 35.9 Å². The van der Waals surface area contributed by atoms with Gasteiger partial charge in [-0.1, -0.05) is 6.92 Å². The quantitative estimate of drug-likeness (QED) is 0.206. The normalized spacial score (nSPS) is 17.3. The van der Waals surface area contributed by atoms with Crippen LogP contribution in [0.25, 0.3) is 0 Å². The van der Waals surface area contributed by atoms with Gasteiger partial charge in [0.25, 0.3) is 5.91 Å². The third-order valence-corrected chi connectivity index (χ3v) is 7.66. The maximum absolute atomic E-state index is 13.7. The number of benzene rings is 3. The Balaban J connectivity index is 1.51. The number of carbonyl (C=O) groups is 3. The number of carbonyl (C=O) groups excluding carboxylic acids is 3. The summed E-state index contributed by atoms with van der Waals surface area (Å²) < 4.78 is 83.5. The Labute approximate surface area is 271 Å². The summed E-state index contributed by atoms with van der Waals surface area (Å²) in [6.45, 7) is 3.19. The van der Waals surface area contributed by atoms with Crippen LogP contribution in [-0.2, 0) is 12.4 Å². The van der Waals surface area contributed by atoms with E-state index < -0.39 is 53.6 Å². The third kappa shape index (κ3) is 8.87. The molecule has 0 aromatic heterocycles. The second-order valence-corrected chi connectivity index (χ2v) is 11.4. The number of likely N-dealkylation sites (N-methyl/N-ethyl adjacent to an activating group) is 1. The van der Waals surface area contributed by atoms with Gasteiger partial charge in [-0.05, 0) is 73.7 Å². The number of aliphatic hydroxyl groups excluding tert-OH is 1. The molecule has 3 aromatic rings. The van der Waals surface area contributed by atoms with Gasteiger partial charge >= 0.3 is 24.4 Å². The molecule has 5 amide bonds. The molecule has 1 aliphatic rings. The maximum atomic E-state index is 13.7. The zero-order valence-electron chi connectivity index (χ0n) is 25.9. The van der Waals surface area contributed by atoms with Crippen LogP contribution in [0, 0.1) is 5.92 Å². The van der Waals surface area contributed by atoms with Gasteiger partial charge in [-0.2, -0.15) is 26.3 Å². The molecule has 0 spiro atoms. The fourth-order valence-electron chi connectivity index (χ4n) is 4.87. The number of amides is 5. The van der Waals surface area contributed by atoms with Gasteiger partial charge in [0.2, 0.25) is 0 Å². The first-order chi connectivity index (χ1) is 22.5. The summed E-state index contributed by atoms with van der Waals surface area (Å²) in [7, 11) is 1.47. The maximum Gasteiger partial charge on any atom is 0.416 e. The first kappa shape index (κ1) is 35.9. The molecular formula is C32H33F6N5O5. The molecule has 1 heterocycles. The zero-order chi connectivity index (χ0) is 35.4. The molecule has 0 radical (unpaired) electrons. The Kier molecular flexibility index (Phi) is 10.8. The van der Waals surface area contributed by atoms with Crippen LogP contribution in [-0.4, -0.2) is 71.8 Å². The van der Waals surface area contributed by atoms with Gasteiger partial charge in [-0.25, -0.2) is 9.59 Å². The average molecular weight is 682 g/mol. The van der Waals surface area contributed by atoms with E-state index in [9.17, 15) is 45.8 Å². The molecule has 258 valence electrons. The van der Waals surface area contributed by atoms with E-state index in [2.05, 4.69) is 16.0 Å². The summed E-state index contributed by atoms with van der Waals surface area (Å²) in [6.07, 6.45) is -9.76. The highest BCUT2D eigenvalue weighted by molar-refractivity contribution is 6.02. The van der Waals surface area contributed by atoms with E-state index in [0.717, 1.165) is 48.5 Å². The van der Waals surface area contributed by atoms with Crippen LogP contribution in [0.4, 0.5) is 53.0 Å². The number of alkyl halides is 6. The van der Waals surface area contributed by atoms with Crippen molar-refractivity contribution in [3.05, 3.63) is 83.4 Å². The molecule has 16 heteroatoms. The second-order valence-electron chi connectivity index (χ2n) is 11.4. The molecule has 0 unspecified atom stereocenters. The minimum atomic E-state index is -4.54. The minimum absolute atomic E-state index is 0.00184. The van der Waals surface area contributed by atoms with Crippen molar-refractivity contribution in [3.63, 3.8) is 0 Å². The van der Waals surface area contributed by atoms with Gasteiger partial charge in [-0.3, -0.25) is 4.79 Å². The van der Waals surface area contributed by atoms with Crippen LogP contribution in [0.15, 0.2) is 66.7 Å². The summed E-state index contributed by atoms with van der Waals surface area (Å²) in [5, 5.41) is 17.4. The van der Waals surface area contributed by atoms with Crippen molar-refractivity contribution >= 4 is 35.0 Å². The fourth-order valence-corrected chi connectivity index (χ4v) is 4.87. The highest BCUT2D eigenvalue weighted by Gasteiger charge is 2.35. The largest absolute Gasteiger partial charge is 0.487 e. The molecule has 4 N–H and O–H groups in total. The van der Waals surface area contributed by atoms with E-state index in [0.29, 0.717) is 0 Å². The molecule has 4 rings (SSSR count). The van der Waals surface area contributed by atoms with E-state index >= 15 is 0 Å². The Hall–Kier alpha value is -4.99. The van der Waals surface area contributed by atoms with Gasteiger partial charge in [0.15, 0.2) is 0 Å². The molecule has 0 bridgehead atoms. The van der Waals surface area contributed by atoms with Gasteiger partial charge in [-0.15, -0.1) is 0 Å². The molecule has 3 atom stereocenters. The van der Waals surface area contributed by atoms with Crippen LogP contribution in [0.1, 0.15) is 35.3 Å². The average Bonchev–Trinajstić information content (AvgIpc) is 3.02. The fraction of sp³-hybridized carbons (Fsp3) is 0.344. The third-order valence-electron chi connectivity index (χ3n) is 7.66. The minimum Gasteiger partial charge on any atom is -0.487 e. The highest BCUT2D eigenvalue weighted by atomic mass is 19.4. The number of urea groups is 2. The summed E-state index contributed by atoms with van der Waals surface area (Å²) in [4.78, 5) is 41.9. The number of fused-ring (bicyclic) bond motifs is 1. The van der Waals surface area contributed by atoms with Crippen molar-refractivity contribution < 1.29 is 50.6 Å². The Morgan fingerprint density at radius 2 is 1.40 bits per heavy atom. The van der Waals surface area contributed by atoms with Gasteiger partial charge in [0, 0.05) is 36.6 Å². The number of anilines is 3. The van der Waals surface area contributed by atoms with E-state index in [1.807, 2.05) is 0 Å². The lowest BCUT2D eigenvalue weighted by molar-refractivity contribution is -0.138. The predicted molar refractivity (Wildman–Crippen MR) is 165 cm³/mol. The second kappa shape index (κ2) is 14.4. The van der Waals surface area contributed by atoms with E-state index in [4.69, 9.17) is 4.74 Å². The smallest absolute Gasteiger partial charge is 0.416 e. The number of rotatable bonds is 7. The molecular weight excluding hydrogens is 648 g/mol. The number of halogens is 6. The van der Waals surface area contributed by atoms with Gasteiger partial charge in [0.1, 0.15) is 11.9 Å². The lowest BCUT2D eigenvalue weighted by atomic mass is 9.99. The molecule has 10 nitrogen and oxygen atoms in total. The van der Waals surface area contributed by atoms with Crippen LogP contribution >= 0.6 is 0 Å². The summed E-state index contributed by atoms with van der Waals surface area (Å²) in [5.41, 5.74) is -1.31. The number of nitrogens with zero attached hydrogens (tertiary/aromatic N) is 2. The topological polar surface area (TPSA) is 123 Å². The summed E-state index contributed by atoms with van der Waals surface area (Å²) in [5.74, 6) is -0.751. The Morgan fingerprint density at radius 1 is 0.896 bits per heavy atom. The molecule has 0 aliphatic carbocycles. The number of aliphatic hydroxyl groups is 1. The summed E-state index contributed by atoms with van der Waals surface area (Å²) >= 11 is 0. The summed E-state index contributed by atoms with van der Waals surface area (Å²) in [6, 6.07) is 10.0. The number of ether oxygens (including phenoxy) is 1. The van der Waals surface area contributed by atoms with E-state index in [-0.39, 0.29) is 54.0 Å². The lowest BCUT2D eigenvalue weighted by Gasteiger charge is -2.38. The molecule has 0 saturated carbocycles. The first-order valence-corrected chi connectivity index (χ1v) is 14.6. The van der Waals surface area contributed by atoms with Crippen LogP contribution < -0.4 is 20.7 Å². The molecule has 0 fully saturated rings. The number of hydrogen-bond donors (Lipinski definition) is 4. The Bertz CT molecular complexity index is 1620. The van der Waals surface area contributed by atoms with Crippen molar-refractivity contribution in [2.24, 2.45) is 5.92 Å². The van der Waals surface area contributed by atoms with Crippen molar-refractivity contribution in [3.8, 4) is 5.75 Å². The predicted octanol–water partition coefficient (Wildman–Crippen LogP) is 6.75. The lowest BCUT2D eigenvalue weighted by Crippen LogP contribution is -2.50. The molecule has 3 aromatic carbocycles. The van der Waals surface area contributed by atoms with Crippen molar-refractivity contribution in [1.29, 1.82) is 0 Å². The van der Waals surface area contributed by atoms with Crippen molar-refractivity contribution in [1.82, 2.24) is 9.80 Å². The standard InChI is InChI=1S/C32H33F6N5O5/c1-18-15-43(19(2)17-44)28(45)25-14-24(40-29(46)39-22-8-4-20(5-9-22)31(33,34)35)12-13-26(25)48-27(18)16-42(3)30(47)41-23-10-6-21(7-11-23)32(36,37)38/h4-14,18-19,27,44H,15-17H2,1-3H3,(H,41,47)(H2,39,40,46)/t18-,19-,27-/m1/s1. The van der Waals surface area contributed by atoms with Crippen LogP contribution in [0.3, 0.4) is 0 Å². The molecule has 48 heavy (non-hydrogen) atoms. The monoisotopic (exact) mass is 681 g/mol. The SMILES string of the molecule is C[C@@H]1CN([C@H](C)CO)C(=O)c2cc(NC(=O)Nc3ccc(C(F)(F)F)cc3)ccc2O[C@@H]1CN(C)C(=O)Nc1ccc(C(F)(F)F)cc1. The van der Waals surface area contributed by atoms with Crippen molar-refractivity contribution in [2.45, 2.75) is 38.3 Å². The van der Waals surface area contributed by atoms with E-state index in [1.165, 1.54) is 35.0 Å². The van der Waals surface area contributed by atoms with Crippen LogP contribution in [0.2, 0.25) is 0 Å². The van der Waals surface area contributed by atoms with E-state index in [1.54, 1.807) is 13.8 Å². The number of hydrogen-bond acceptors (Lipinski definition) is 5. The zero-order valence-corrected chi connectivity index (χ0v) is 25.9. The first-order valence-electron chi connectivity index (χ1n) is 14.6.